The van der Waals surface area contributed by atoms with E-state index in [1.807, 2.05) is 0 Å². The number of fused-ring (bicyclic) bond motifs is 5. The lowest BCUT2D eigenvalue weighted by Gasteiger charge is -2.14. The standard InChI is InChI=1S/C10H8/c1-2-9-7-4-5-8(6-7)10(9)3-1/h7-10H,2,6H2. The van der Waals surface area contributed by atoms with Crippen LogP contribution in [0.4, 0.5) is 0 Å². The zero-order valence-electron chi connectivity index (χ0n) is 5.72. The second kappa shape index (κ2) is 1.40. The molecule has 0 saturated heterocycles. The van der Waals surface area contributed by atoms with Crippen LogP contribution in [0.25, 0.3) is 0 Å². The molecule has 2 bridgehead atoms. The Balaban J connectivity index is 2.09. The van der Waals surface area contributed by atoms with Gasteiger partial charge < -0.3 is 0 Å². The molecule has 3 aliphatic rings. The van der Waals surface area contributed by atoms with Gasteiger partial charge in [0.25, 0.3) is 0 Å². The Morgan fingerprint density at radius 2 is 1.90 bits per heavy atom. The predicted octanol–water partition coefficient (Wildman–Crippen LogP) is 1.28. The molecule has 0 aliphatic heterocycles. The van der Waals surface area contributed by atoms with Crippen molar-refractivity contribution in [2.75, 3.05) is 0 Å². The van der Waals surface area contributed by atoms with E-state index in [-0.39, 0.29) is 0 Å². The highest BCUT2D eigenvalue weighted by Gasteiger charge is 2.45. The Labute approximate surface area is 61.0 Å². The molecule has 0 amide bonds. The Bertz CT molecular complexity index is 291. The number of hydrogen-bond acceptors (Lipinski definition) is 0. The number of rotatable bonds is 0. The van der Waals surface area contributed by atoms with E-state index in [9.17, 15) is 0 Å². The first-order chi connectivity index (χ1) is 4.95. The van der Waals surface area contributed by atoms with E-state index in [1.165, 1.54) is 6.42 Å². The molecule has 0 radical (unpaired) electrons. The molecule has 3 aliphatic carbocycles. The van der Waals surface area contributed by atoms with E-state index in [0.29, 0.717) is 17.8 Å². The van der Waals surface area contributed by atoms with Crippen molar-refractivity contribution < 1.29 is 0 Å². The van der Waals surface area contributed by atoms with Crippen LogP contribution in [0.15, 0.2) is 0 Å². The van der Waals surface area contributed by atoms with Crippen LogP contribution >= 0.6 is 0 Å². The van der Waals surface area contributed by atoms with E-state index in [4.69, 9.17) is 0 Å². The van der Waals surface area contributed by atoms with E-state index in [1.54, 1.807) is 0 Å². The van der Waals surface area contributed by atoms with Gasteiger partial charge in [-0.1, -0.05) is 17.8 Å². The molecular formula is C10H8. The van der Waals surface area contributed by atoms with E-state index in [2.05, 4.69) is 23.7 Å². The van der Waals surface area contributed by atoms with Crippen LogP contribution < -0.4 is 0 Å². The maximum atomic E-state index is 3.30. The molecule has 0 nitrogen and oxygen atoms in total. The Morgan fingerprint density at radius 3 is 2.80 bits per heavy atom. The molecular weight excluding hydrogens is 120 g/mol. The van der Waals surface area contributed by atoms with E-state index >= 15 is 0 Å². The zero-order valence-corrected chi connectivity index (χ0v) is 5.72. The Kier molecular flexibility index (Phi) is 0.683. The lowest BCUT2D eigenvalue weighted by Crippen LogP contribution is -2.13. The summed E-state index contributed by atoms with van der Waals surface area (Å²) in [5, 5.41) is 0. The first-order valence-corrected chi connectivity index (χ1v) is 3.94. The summed E-state index contributed by atoms with van der Waals surface area (Å²) in [4.78, 5) is 0. The molecule has 3 rings (SSSR count). The molecule has 0 N–H and O–H groups in total. The highest BCUT2D eigenvalue weighted by molar-refractivity contribution is 5.32. The van der Waals surface area contributed by atoms with Gasteiger partial charge in [0, 0.05) is 24.2 Å². The lowest BCUT2D eigenvalue weighted by molar-refractivity contribution is 0.420. The average Bonchev–Trinajstić information content (AvgIpc) is 2.60. The van der Waals surface area contributed by atoms with Gasteiger partial charge in [-0.25, -0.2) is 0 Å². The Morgan fingerprint density at radius 1 is 1.00 bits per heavy atom. The van der Waals surface area contributed by atoms with Crippen molar-refractivity contribution in [1.82, 2.24) is 0 Å². The molecule has 1 fully saturated rings. The van der Waals surface area contributed by atoms with Crippen molar-refractivity contribution in [3.8, 4) is 23.7 Å². The van der Waals surface area contributed by atoms with Crippen LogP contribution in [-0.4, -0.2) is 0 Å². The van der Waals surface area contributed by atoms with Gasteiger partial charge in [-0.15, -0.1) is 5.92 Å². The summed E-state index contributed by atoms with van der Waals surface area (Å²) in [6.45, 7) is 0. The summed E-state index contributed by atoms with van der Waals surface area (Å²) in [6.07, 6.45) is 2.42. The van der Waals surface area contributed by atoms with Gasteiger partial charge in [0.1, 0.15) is 0 Å². The smallest absolute Gasteiger partial charge is 0.0390 e. The van der Waals surface area contributed by atoms with Gasteiger partial charge in [-0.2, -0.15) is 0 Å². The van der Waals surface area contributed by atoms with Gasteiger partial charge in [-0.05, 0) is 12.3 Å². The van der Waals surface area contributed by atoms with Crippen molar-refractivity contribution in [2.45, 2.75) is 12.8 Å². The summed E-state index contributed by atoms with van der Waals surface area (Å²) in [5.74, 6) is 15.9. The van der Waals surface area contributed by atoms with Crippen LogP contribution in [0.2, 0.25) is 0 Å². The monoisotopic (exact) mass is 128 g/mol. The first-order valence-electron chi connectivity index (χ1n) is 3.94. The minimum atomic E-state index is 0.657. The van der Waals surface area contributed by atoms with Gasteiger partial charge in [0.2, 0.25) is 0 Å². The third-order valence-corrected chi connectivity index (χ3v) is 2.98. The maximum absolute atomic E-state index is 3.30. The fourth-order valence-electron chi connectivity index (χ4n) is 2.44. The molecule has 0 aromatic carbocycles. The largest absolute Gasteiger partial charge is 0.103 e. The molecule has 0 heterocycles. The quantitative estimate of drug-likeness (QED) is 0.431. The number of hydrogen-bond donors (Lipinski definition) is 0. The highest BCUT2D eigenvalue weighted by Crippen LogP contribution is 2.47. The van der Waals surface area contributed by atoms with Gasteiger partial charge in [0.05, 0.1) is 0 Å². The molecule has 0 heteroatoms. The van der Waals surface area contributed by atoms with Crippen LogP contribution in [0.5, 0.6) is 0 Å². The summed E-state index contributed by atoms with van der Waals surface area (Å²) in [5.41, 5.74) is 0. The van der Waals surface area contributed by atoms with Crippen LogP contribution in [0, 0.1) is 47.4 Å². The summed E-state index contributed by atoms with van der Waals surface area (Å²) < 4.78 is 0. The minimum Gasteiger partial charge on any atom is -0.103 e. The minimum absolute atomic E-state index is 0.657. The predicted molar refractivity (Wildman–Crippen MR) is 38.7 cm³/mol. The van der Waals surface area contributed by atoms with Crippen LogP contribution in [0.1, 0.15) is 12.8 Å². The average molecular weight is 128 g/mol. The van der Waals surface area contributed by atoms with E-state index < -0.39 is 0 Å². The maximum Gasteiger partial charge on any atom is 0.0390 e. The molecule has 48 valence electrons. The summed E-state index contributed by atoms with van der Waals surface area (Å²) in [7, 11) is 0. The molecule has 0 spiro atoms. The Hall–Kier alpha value is -0.880. The summed E-state index contributed by atoms with van der Waals surface area (Å²) >= 11 is 0. The van der Waals surface area contributed by atoms with Crippen molar-refractivity contribution in [3.05, 3.63) is 0 Å². The third kappa shape index (κ3) is 0.391. The second-order valence-corrected chi connectivity index (χ2v) is 3.45. The van der Waals surface area contributed by atoms with Crippen molar-refractivity contribution in [3.63, 3.8) is 0 Å². The van der Waals surface area contributed by atoms with E-state index in [0.717, 1.165) is 12.3 Å². The molecule has 0 aromatic rings. The molecule has 4 unspecified atom stereocenters. The van der Waals surface area contributed by atoms with Crippen molar-refractivity contribution >= 4 is 0 Å². The van der Waals surface area contributed by atoms with Gasteiger partial charge >= 0.3 is 0 Å². The highest BCUT2D eigenvalue weighted by atomic mass is 14.5. The van der Waals surface area contributed by atoms with Crippen LogP contribution in [0.3, 0.4) is 0 Å². The fraction of sp³-hybridized carbons (Fsp3) is 0.600. The molecule has 0 aromatic heterocycles. The fourth-order valence-corrected chi connectivity index (χ4v) is 2.44. The SMILES string of the molecule is C1#CC2C3C#CC(C3)C2C1. The summed E-state index contributed by atoms with van der Waals surface area (Å²) in [6, 6.07) is 0. The molecule has 4 atom stereocenters. The van der Waals surface area contributed by atoms with Gasteiger partial charge in [0.15, 0.2) is 0 Å². The topological polar surface area (TPSA) is 0 Å². The second-order valence-electron chi connectivity index (χ2n) is 3.45. The van der Waals surface area contributed by atoms with Gasteiger partial charge in [-0.3, -0.25) is 0 Å². The van der Waals surface area contributed by atoms with Crippen LogP contribution in [-0.2, 0) is 0 Å². The first kappa shape index (κ1) is 4.86. The zero-order chi connectivity index (χ0) is 6.55. The molecule has 10 heavy (non-hydrogen) atoms. The normalized spacial score (nSPS) is 51.2. The third-order valence-electron chi connectivity index (χ3n) is 2.98. The lowest BCUT2D eigenvalue weighted by atomic mass is 9.87. The molecule has 1 saturated carbocycles. The van der Waals surface area contributed by atoms with Crippen molar-refractivity contribution in [1.29, 1.82) is 0 Å². The van der Waals surface area contributed by atoms with Crippen molar-refractivity contribution in [2.24, 2.45) is 23.7 Å².